The molecule has 4 aromatic rings. The molecule has 4 fully saturated rings. The molecule has 3 aromatic carbocycles. The van der Waals surface area contributed by atoms with Crippen molar-refractivity contribution in [1.29, 1.82) is 0 Å². The number of aliphatic hydroxyl groups is 1. The first-order valence-corrected chi connectivity index (χ1v) is 24.7. The van der Waals surface area contributed by atoms with Gasteiger partial charge in [-0.15, -0.1) is 11.3 Å². The number of nitrogens with zero attached hydrogens (tertiary/aromatic N) is 5. The number of rotatable bonds is 15. The van der Waals surface area contributed by atoms with E-state index in [9.17, 15) is 33.9 Å². The number of anilines is 5. The molecule has 1 spiro atoms. The van der Waals surface area contributed by atoms with Crippen LogP contribution in [0.4, 0.5) is 33.2 Å². The highest BCUT2D eigenvalue weighted by atomic mass is 35.5. The predicted molar refractivity (Wildman–Crippen MR) is 274 cm³/mol. The number of aldehydes is 1. The van der Waals surface area contributed by atoms with Crippen LogP contribution in [-0.2, 0) is 24.9 Å². The molecule has 5 heterocycles. The quantitative estimate of drug-likeness (QED) is 0.0451. The Hall–Kier alpha value is -5.86. The number of carboxylic acid groups (broad SMARTS) is 1. The van der Waals surface area contributed by atoms with Crippen LogP contribution >= 0.6 is 34.9 Å². The van der Waals surface area contributed by atoms with Crippen LogP contribution in [-0.4, -0.2) is 135 Å². The second-order valence-corrected chi connectivity index (χ2v) is 20.4. The number of piperidine rings is 2. The summed E-state index contributed by atoms with van der Waals surface area (Å²) in [6.07, 6.45) is 5.46. The summed E-state index contributed by atoms with van der Waals surface area (Å²) in [5.41, 5.74) is 6.44. The minimum absolute atomic E-state index is 0.0216. The van der Waals surface area contributed by atoms with Crippen molar-refractivity contribution in [1.82, 2.24) is 14.5 Å². The maximum atomic E-state index is 13.1. The molecule has 69 heavy (non-hydrogen) atoms. The number of likely N-dealkylation sites (tertiary alicyclic amines) is 1. The van der Waals surface area contributed by atoms with Crippen molar-refractivity contribution < 1.29 is 43.7 Å². The zero-order valence-corrected chi connectivity index (χ0v) is 42.1. The minimum atomic E-state index is -1.14. The van der Waals surface area contributed by atoms with Gasteiger partial charge >= 0.3 is 12.0 Å². The number of imide groups is 1. The van der Waals surface area contributed by atoms with Crippen molar-refractivity contribution in [3.05, 3.63) is 82.2 Å². The average molecular weight is 1010 g/mol. The van der Waals surface area contributed by atoms with E-state index in [4.69, 9.17) is 21.4 Å². The van der Waals surface area contributed by atoms with Gasteiger partial charge < -0.3 is 45.2 Å². The molecular formula is C49H61ClN8O9S2. The van der Waals surface area contributed by atoms with Crippen LogP contribution < -0.4 is 35.4 Å². The van der Waals surface area contributed by atoms with Crippen molar-refractivity contribution in [2.75, 3.05) is 92.9 Å². The van der Waals surface area contributed by atoms with Crippen LogP contribution in [0.15, 0.2) is 66.7 Å². The molecular weight excluding hydrogens is 944 g/mol. The molecule has 5 amide bonds. The molecule has 1 atom stereocenters. The molecule has 8 rings (SSSR count). The molecule has 0 bridgehead atoms. The second kappa shape index (κ2) is 23.2. The molecule has 0 aliphatic carbocycles. The lowest BCUT2D eigenvalue weighted by Crippen LogP contribution is -2.73. The van der Waals surface area contributed by atoms with Gasteiger partial charge in [0.15, 0.2) is 16.9 Å². The number of aromatic carboxylic acids is 1. The van der Waals surface area contributed by atoms with Gasteiger partial charge in [-0.2, -0.15) is 0 Å². The SMILES string of the molecule is CN(C)c1cc(N2CC3(CN(C(=O)Nc4cccc(CSN5CCCCC5(C)C)c4)C3)C2)ccc1N(C=O)C1CCC(=O)NC1=O.CNc1cccc(-c2sc(C(=O)O)c(OCC=O)c2Cl)c1.CO. The molecule has 4 aliphatic heterocycles. The van der Waals surface area contributed by atoms with Gasteiger partial charge in [0.05, 0.1) is 16.3 Å². The standard InChI is InChI=1S/C34H45N7O4S.C14H12ClNO4S.CH4O/c1-33(2)14-5-6-15-41(33)46-18-24-8-7-9-25(16-24)35-32(45)39-21-34(22-39)19-38(20-34)26-10-11-27(29(17-26)37(3)4)40(23-42)28-12-13-30(43)36-31(28)44;1-16-9-4-2-3-8(7-9)12-10(15)11(20-6-5-17)13(21-12)14(18)19;1-2/h7-11,16-17,23,28H,5-6,12-15,18-22H2,1-4H3,(H,35,45)(H,36,43,44);2-5,7,16H,6H2,1H3,(H,18,19);2H,1H3. The van der Waals surface area contributed by atoms with Crippen molar-refractivity contribution in [2.24, 2.45) is 5.41 Å². The zero-order chi connectivity index (χ0) is 50.0. The molecule has 20 heteroatoms. The third-order valence-electron chi connectivity index (χ3n) is 12.5. The third kappa shape index (κ3) is 12.3. The molecule has 1 aromatic heterocycles. The van der Waals surface area contributed by atoms with Crippen LogP contribution in [0.1, 0.15) is 61.2 Å². The summed E-state index contributed by atoms with van der Waals surface area (Å²) in [7, 11) is 6.59. The van der Waals surface area contributed by atoms with E-state index < -0.39 is 17.9 Å². The van der Waals surface area contributed by atoms with Gasteiger partial charge in [0.2, 0.25) is 18.2 Å². The first-order chi connectivity index (χ1) is 33.0. The topological polar surface area (TPSA) is 204 Å². The van der Waals surface area contributed by atoms with Gasteiger partial charge in [-0.25, -0.2) is 13.9 Å². The maximum Gasteiger partial charge on any atom is 0.349 e. The number of benzene rings is 3. The fourth-order valence-corrected chi connectivity index (χ4v) is 11.5. The molecule has 17 nitrogen and oxygen atoms in total. The monoisotopic (exact) mass is 1000 g/mol. The molecule has 4 aliphatic rings. The number of halogens is 1. The predicted octanol–water partition coefficient (Wildman–Crippen LogP) is 7.28. The van der Waals surface area contributed by atoms with Crippen LogP contribution in [0.2, 0.25) is 5.02 Å². The second-order valence-electron chi connectivity index (χ2n) is 18.1. The molecule has 5 N–H and O–H groups in total. The molecule has 370 valence electrons. The van der Waals surface area contributed by atoms with E-state index in [0.29, 0.717) is 42.8 Å². The molecule has 0 radical (unpaired) electrons. The Morgan fingerprint density at radius 3 is 2.36 bits per heavy atom. The Morgan fingerprint density at radius 2 is 1.71 bits per heavy atom. The Balaban J connectivity index is 0.000000284. The number of thiophene rings is 1. The van der Waals surface area contributed by atoms with Crippen molar-refractivity contribution in [3.63, 3.8) is 0 Å². The van der Waals surface area contributed by atoms with Gasteiger partial charge in [0, 0.05) is 101 Å². The van der Waals surface area contributed by atoms with Crippen molar-refractivity contribution >= 4 is 99.8 Å². The lowest BCUT2D eigenvalue weighted by Gasteiger charge is -2.60. The van der Waals surface area contributed by atoms with E-state index >= 15 is 0 Å². The summed E-state index contributed by atoms with van der Waals surface area (Å²) < 4.78 is 7.67. The Morgan fingerprint density at radius 1 is 0.986 bits per heavy atom. The highest BCUT2D eigenvalue weighted by Crippen LogP contribution is 2.47. The highest BCUT2D eigenvalue weighted by Gasteiger charge is 2.53. The van der Waals surface area contributed by atoms with Crippen LogP contribution in [0, 0.1) is 5.41 Å². The van der Waals surface area contributed by atoms with E-state index in [1.807, 2.05) is 90.4 Å². The first-order valence-electron chi connectivity index (χ1n) is 22.6. The van der Waals surface area contributed by atoms with E-state index in [0.717, 1.165) is 72.1 Å². The number of hydrogen-bond donors (Lipinski definition) is 5. The van der Waals surface area contributed by atoms with Gasteiger partial charge in [0.25, 0.3) is 0 Å². The fraction of sp³-hybridized carbons (Fsp3) is 0.429. The van der Waals surface area contributed by atoms with Gasteiger partial charge in [0.1, 0.15) is 17.7 Å². The largest absolute Gasteiger partial charge is 0.483 e. The van der Waals surface area contributed by atoms with E-state index in [1.165, 1.54) is 29.7 Å². The summed E-state index contributed by atoms with van der Waals surface area (Å²) in [4.78, 5) is 79.2. The Labute approximate surface area is 416 Å². The van der Waals surface area contributed by atoms with Crippen LogP contribution in [0.3, 0.4) is 0 Å². The number of urea groups is 1. The van der Waals surface area contributed by atoms with E-state index in [-0.39, 0.29) is 51.6 Å². The number of aliphatic hydroxyl groups excluding tert-OH is 1. The minimum Gasteiger partial charge on any atom is -0.483 e. The fourth-order valence-electron chi connectivity index (χ4n) is 8.94. The molecule has 4 saturated heterocycles. The zero-order valence-electron chi connectivity index (χ0n) is 39.8. The van der Waals surface area contributed by atoms with E-state index in [2.05, 4.69) is 51.1 Å². The van der Waals surface area contributed by atoms with Gasteiger partial charge in [-0.1, -0.05) is 54.2 Å². The summed E-state index contributed by atoms with van der Waals surface area (Å²) in [6.45, 7) is 8.62. The van der Waals surface area contributed by atoms with Crippen molar-refractivity contribution in [3.8, 4) is 16.2 Å². The highest BCUT2D eigenvalue weighted by molar-refractivity contribution is 7.96. The number of carboxylic acids is 1. The number of carbonyl (C=O) groups excluding carboxylic acids is 5. The molecule has 1 unspecified atom stereocenters. The van der Waals surface area contributed by atoms with Crippen LogP contribution in [0.25, 0.3) is 10.4 Å². The summed E-state index contributed by atoms with van der Waals surface area (Å²) in [5.74, 6) is -0.990. The number of nitrogens with one attached hydrogen (secondary N) is 3. The number of hydrogen-bond acceptors (Lipinski definition) is 14. The number of amides is 5. The van der Waals surface area contributed by atoms with Crippen molar-refractivity contribution in [2.45, 2.75) is 63.3 Å². The number of ether oxygens (including phenoxy) is 1. The summed E-state index contributed by atoms with van der Waals surface area (Å²) >= 11 is 9.13. The smallest absolute Gasteiger partial charge is 0.349 e. The molecule has 0 saturated carbocycles. The first kappa shape index (κ1) is 52.5. The average Bonchev–Trinajstić information content (AvgIpc) is 3.64. The summed E-state index contributed by atoms with van der Waals surface area (Å²) in [5, 5.41) is 24.9. The van der Waals surface area contributed by atoms with Gasteiger partial charge in [-0.05, 0) is 86.7 Å². The van der Waals surface area contributed by atoms with Crippen LogP contribution in [0.5, 0.6) is 5.75 Å². The van der Waals surface area contributed by atoms with E-state index in [1.54, 1.807) is 7.05 Å². The normalized spacial score (nSPS) is 17.9. The summed E-state index contributed by atoms with van der Waals surface area (Å²) in [6, 6.07) is 20.7. The lowest BCUT2D eigenvalue weighted by atomic mass is 9.72. The Kier molecular flexibility index (Phi) is 17.6. The maximum absolute atomic E-state index is 13.1. The lowest BCUT2D eigenvalue weighted by molar-refractivity contribution is -0.134. The third-order valence-corrected chi connectivity index (χ3v) is 15.6. The Bertz CT molecular complexity index is 2510. The van der Waals surface area contributed by atoms with Gasteiger partial charge in [-0.3, -0.25) is 24.5 Å². The number of carbonyl (C=O) groups is 6.